The molecule has 1 aliphatic heterocycles. The van der Waals surface area contributed by atoms with Gasteiger partial charge >= 0.3 is 0 Å². The Morgan fingerprint density at radius 1 is 1.03 bits per heavy atom. The van der Waals surface area contributed by atoms with Crippen LogP contribution in [-0.4, -0.2) is 40.6 Å². The molecule has 2 aromatic carbocycles. The topological polar surface area (TPSA) is 96.3 Å². The van der Waals surface area contributed by atoms with Crippen LogP contribution in [0.3, 0.4) is 0 Å². The number of aromatic nitrogens is 2. The quantitative estimate of drug-likeness (QED) is 0.617. The number of fused-ring (bicyclic) bond motifs is 1. The first-order valence-electron chi connectivity index (χ1n) is 10.1. The van der Waals surface area contributed by atoms with Gasteiger partial charge in [-0.25, -0.2) is 4.68 Å². The number of rotatable bonds is 7. The molecule has 158 valence electrons. The van der Waals surface area contributed by atoms with Gasteiger partial charge in [0.2, 0.25) is 17.7 Å². The summed E-state index contributed by atoms with van der Waals surface area (Å²) in [7, 11) is 0. The van der Waals surface area contributed by atoms with Gasteiger partial charge in [-0.3, -0.25) is 14.4 Å². The van der Waals surface area contributed by atoms with Crippen LogP contribution in [0.2, 0.25) is 0 Å². The molecule has 1 aliphatic rings. The number of carbonyl (C=O) groups is 3. The second-order valence-electron chi connectivity index (χ2n) is 7.26. The van der Waals surface area contributed by atoms with E-state index >= 15 is 0 Å². The molecule has 2 N–H and O–H groups in total. The Kier molecular flexibility index (Phi) is 6.07. The Balaban J connectivity index is 1.23. The van der Waals surface area contributed by atoms with Gasteiger partial charge in [-0.2, -0.15) is 5.10 Å². The first kappa shape index (κ1) is 20.3. The van der Waals surface area contributed by atoms with Gasteiger partial charge in [0.1, 0.15) is 6.54 Å². The predicted octanol–water partition coefficient (Wildman–Crippen LogP) is 2.30. The highest BCUT2D eigenvalue weighted by Gasteiger charge is 2.26. The van der Waals surface area contributed by atoms with Crippen molar-refractivity contribution in [1.29, 1.82) is 0 Å². The van der Waals surface area contributed by atoms with Crippen molar-refractivity contribution in [3.8, 4) is 5.69 Å². The van der Waals surface area contributed by atoms with Crippen molar-refractivity contribution in [2.24, 2.45) is 0 Å². The second kappa shape index (κ2) is 9.25. The first-order chi connectivity index (χ1) is 15.1. The Hall–Kier alpha value is -3.94. The number of nitrogens with zero attached hydrogens (tertiary/aromatic N) is 3. The summed E-state index contributed by atoms with van der Waals surface area (Å²) in [6.45, 7) is 0.453. The van der Waals surface area contributed by atoms with E-state index < -0.39 is 0 Å². The zero-order valence-corrected chi connectivity index (χ0v) is 17.0. The number of amides is 3. The summed E-state index contributed by atoms with van der Waals surface area (Å²) in [4.78, 5) is 38.0. The monoisotopic (exact) mass is 417 g/mol. The van der Waals surface area contributed by atoms with Gasteiger partial charge in [-0.05, 0) is 42.3 Å². The van der Waals surface area contributed by atoms with Crippen LogP contribution in [-0.2, 0) is 20.8 Å². The van der Waals surface area contributed by atoms with E-state index in [0.29, 0.717) is 24.3 Å². The third kappa shape index (κ3) is 4.98. The lowest BCUT2D eigenvalue weighted by Crippen LogP contribution is -2.42. The molecule has 8 nitrogen and oxygen atoms in total. The summed E-state index contributed by atoms with van der Waals surface area (Å²) in [5.74, 6) is -0.669. The van der Waals surface area contributed by atoms with Gasteiger partial charge in [0.15, 0.2) is 0 Å². The molecule has 3 aromatic rings. The number of para-hydroxylation sites is 2. The highest BCUT2D eigenvalue weighted by Crippen LogP contribution is 2.29. The number of nitrogens with one attached hydrogen (secondary N) is 2. The van der Waals surface area contributed by atoms with E-state index in [-0.39, 0.29) is 37.1 Å². The van der Waals surface area contributed by atoms with E-state index in [4.69, 9.17) is 0 Å². The number of anilines is 2. The lowest BCUT2D eigenvalue weighted by Gasteiger charge is -2.29. The van der Waals surface area contributed by atoms with Gasteiger partial charge in [0, 0.05) is 31.8 Å². The van der Waals surface area contributed by atoms with E-state index in [0.717, 1.165) is 11.3 Å². The number of hydrogen-bond donors (Lipinski definition) is 2. The molecular weight excluding hydrogens is 394 g/mol. The minimum atomic E-state index is -0.244. The third-order valence-electron chi connectivity index (χ3n) is 5.08. The number of hydrogen-bond acceptors (Lipinski definition) is 4. The zero-order chi connectivity index (χ0) is 21.6. The van der Waals surface area contributed by atoms with E-state index in [2.05, 4.69) is 15.7 Å². The third-order valence-corrected chi connectivity index (χ3v) is 5.08. The molecule has 0 aliphatic carbocycles. The van der Waals surface area contributed by atoms with Gasteiger partial charge in [-0.1, -0.05) is 24.3 Å². The fourth-order valence-electron chi connectivity index (χ4n) is 3.48. The summed E-state index contributed by atoms with van der Waals surface area (Å²) in [6.07, 6.45) is 4.43. The lowest BCUT2D eigenvalue weighted by atomic mass is 10.1. The van der Waals surface area contributed by atoms with Crippen molar-refractivity contribution in [2.45, 2.75) is 19.3 Å². The standard InChI is InChI=1S/C23H23N5O3/c29-21(24-14-12-17-6-8-18(9-7-17)28-15-3-13-25-28)10-11-23(31)27-16-22(30)26-19-4-1-2-5-20(19)27/h1-9,13,15H,10-12,14,16H2,(H,24,29)(H,26,30). The van der Waals surface area contributed by atoms with Crippen LogP contribution in [0.5, 0.6) is 0 Å². The fraction of sp³-hybridized carbons (Fsp3) is 0.217. The van der Waals surface area contributed by atoms with Crippen LogP contribution in [0.25, 0.3) is 5.69 Å². The molecule has 8 heteroatoms. The van der Waals surface area contributed by atoms with Crippen LogP contribution in [0, 0.1) is 0 Å². The Bertz CT molecular complexity index is 1080. The molecule has 0 saturated heterocycles. The van der Waals surface area contributed by atoms with Crippen molar-refractivity contribution < 1.29 is 14.4 Å². The molecule has 0 saturated carbocycles. The van der Waals surface area contributed by atoms with E-state index in [1.165, 1.54) is 4.90 Å². The maximum atomic E-state index is 12.6. The molecule has 0 unspecified atom stereocenters. The molecule has 4 rings (SSSR count). The van der Waals surface area contributed by atoms with E-state index in [9.17, 15) is 14.4 Å². The normalized spacial score (nSPS) is 12.8. The van der Waals surface area contributed by atoms with Crippen LogP contribution >= 0.6 is 0 Å². The highest BCUT2D eigenvalue weighted by molar-refractivity contribution is 6.10. The van der Waals surface area contributed by atoms with Crippen molar-refractivity contribution in [2.75, 3.05) is 23.3 Å². The molecule has 2 heterocycles. The van der Waals surface area contributed by atoms with Gasteiger partial charge in [0.25, 0.3) is 0 Å². The van der Waals surface area contributed by atoms with Crippen molar-refractivity contribution in [3.05, 3.63) is 72.6 Å². The fourth-order valence-corrected chi connectivity index (χ4v) is 3.48. The molecule has 0 bridgehead atoms. The summed E-state index contributed by atoms with van der Waals surface area (Å²) in [5.41, 5.74) is 3.34. The molecule has 0 atom stereocenters. The molecule has 3 amide bonds. The smallest absolute Gasteiger partial charge is 0.244 e. The summed E-state index contributed by atoms with van der Waals surface area (Å²) in [5, 5.41) is 9.79. The average molecular weight is 417 g/mol. The minimum absolute atomic E-state index is 0.0357. The van der Waals surface area contributed by atoms with Gasteiger partial charge in [-0.15, -0.1) is 0 Å². The number of carbonyl (C=O) groups excluding carboxylic acids is 3. The Labute approximate surface area is 179 Å². The lowest BCUT2D eigenvalue weighted by molar-refractivity contribution is -0.125. The van der Waals surface area contributed by atoms with Crippen molar-refractivity contribution in [3.63, 3.8) is 0 Å². The maximum Gasteiger partial charge on any atom is 0.244 e. The van der Waals surface area contributed by atoms with E-state index in [1.807, 2.05) is 42.6 Å². The largest absolute Gasteiger partial charge is 0.356 e. The van der Waals surface area contributed by atoms with E-state index in [1.54, 1.807) is 29.1 Å². The molecule has 0 fully saturated rings. The van der Waals surface area contributed by atoms with Gasteiger partial charge in [0.05, 0.1) is 17.1 Å². The SMILES string of the molecule is O=C(CCC(=O)N1CC(=O)Nc2ccccc21)NCCc1ccc(-n2cccn2)cc1. The minimum Gasteiger partial charge on any atom is -0.356 e. The van der Waals surface area contributed by atoms with Crippen LogP contribution in [0.15, 0.2) is 67.0 Å². The Morgan fingerprint density at radius 3 is 2.61 bits per heavy atom. The molecule has 31 heavy (non-hydrogen) atoms. The summed E-state index contributed by atoms with van der Waals surface area (Å²) < 4.78 is 1.78. The molecular formula is C23H23N5O3. The molecule has 0 radical (unpaired) electrons. The summed E-state index contributed by atoms with van der Waals surface area (Å²) in [6, 6.07) is 17.0. The van der Waals surface area contributed by atoms with Gasteiger partial charge < -0.3 is 15.5 Å². The van der Waals surface area contributed by atoms with Crippen LogP contribution in [0.4, 0.5) is 11.4 Å². The zero-order valence-electron chi connectivity index (χ0n) is 17.0. The van der Waals surface area contributed by atoms with Crippen molar-refractivity contribution >= 4 is 29.1 Å². The Morgan fingerprint density at radius 2 is 1.84 bits per heavy atom. The highest BCUT2D eigenvalue weighted by atomic mass is 16.2. The van der Waals surface area contributed by atoms with Crippen LogP contribution in [0.1, 0.15) is 18.4 Å². The molecule has 0 spiro atoms. The predicted molar refractivity (Wildman–Crippen MR) is 117 cm³/mol. The number of benzene rings is 2. The van der Waals surface area contributed by atoms with Crippen LogP contribution < -0.4 is 15.5 Å². The maximum absolute atomic E-state index is 12.6. The first-order valence-corrected chi connectivity index (χ1v) is 10.1. The average Bonchev–Trinajstić information content (AvgIpc) is 3.32. The summed E-state index contributed by atoms with van der Waals surface area (Å²) >= 11 is 0. The van der Waals surface area contributed by atoms with Crippen molar-refractivity contribution in [1.82, 2.24) is 15.1 Å². The molecule has 1 aromatic heterocycles. The second-order valence-corrected chi connectivity index (χ2v) is 7.26.